The minimum absolute atomic E-state index is 0.134. The van der Waals surface area contributed by atoms with Crippen molar-refractivity contribution in [3.63, 3.8) is 0 Å². The second kappa shape index (κ2) is 7.49. The number of hydrogen-bond acceptors (Lipinski definition) is 2. The number of amides is 1. The van der Waals surface area contributed by atoms with Gasteiger partial charge in [0.1, 0.15) is 0 Å². The van der Waals surface area contributed by atoms with Crippen LogP contribution in [0.4, 0.5) is 0 Å². The third-order valence-electron chi connectivity index (χ3n) is 4.95. The predicted octanol–water partition coefficient (Wildman–Crippen LogP) is 5.10. The average Bonchev–Trinajstić information content (AvgIpc) is 3.16. The summed E-state index contributed by atoms with van der Waals surface area (Å²) in [5, 5.41) is 11.8. The molecule has 0 aliphatic heterocycles. The highest BCUT2D eigenvalue weighted by atomic mass is 35.5. The predicted molar refractivity (Wildman–Crippen MR) is 113 cm³/mol. The summed E-state index contributed by atoms with van der Waals surface area (Å²) in [6, 6.07) is 23.3. The van der Waals surface area contributed by atoms with Crippen LogP contribution in [0.5, 0.6) is 0 Å². The standard InChI is InChI=1S/C23H20ClN3O/c1-23(19-7-3-2-4-8-19,14-16-6-5-9-20(24)12-16)26-22(28)17-10-11-18-15-25-27-21(18)13-17/h2-13,15H,14H2,1H3,(H,25,27)(H,26,28). The molecule has 0 radical (unpaired) electrons. The number of aromatic nitrogens is 2. The van der Waals surface area contributed by atoms with Crippen molar-refractivity contribution in [3.8, 4) is 0 Å². The third kappa shape index (κ3) is 3.78. The van der Waals surface area contributed by atoms with Gasteiger partial charge in [-0.2, -0.15) is 5.10 Å². The summed E-state index contributed by atoms with van der Waals surface area (Å²) in [4.78, 5) is 13.1. The van der Waals surface area contributed by atoms with Crippen molar-refractivity contribution >= 4 is 28.4 Å². The molecule has 140 valence electrons. The van der Waals surface area contributed by atoms with E-state index >= 15 is 0 Å². The lowest BCUT2D eigenvalue weighted by atomic mass is 9.85. The fourth-order valence-corrected chi connectivity index (χ4v) is 3.69. The Morgan fingerprint density at radius 1 is 1.07 bits per heavy atom. The van der Waals surface area contributed by atoms with Crippen LogP contribution >= 0.6 is 11.6 Å². The number of hydrogen-bond donors (Lipinski definition) is 2. The molecule has 1 heterocycles. The van der Waals surface area contributed by atoms with Crippen LogP contribution in [0.2, 0.25) is 5.02 Å². The number of fused-ring (bicyclic) bond motifs is 1. The lowest BCUT2D eigenvalue weighted by Gasteiger charge is -2.32. The minimum atomic E-state index is -0.591. The first-order chi connectivity index (χ1) is 13.5. The molecule has 5 heteroatoms. The van der Waals surface area contributed by atoms with Gasteiger partial charge in [-0.15, -0.1) is 0 Å². The molecule has 1 unspecified atom stereocenters. The van der Waals surface area contributed by atoms with Gasteiger partial charge in [0.25, 0.3) is 5.91 Å². The van der Waals surface area contributed by atoms with Crippen molar-refractivity contribution in [1.82, 2.24) is 15.5 Å². The topological polar surface area (TPSA) is 57.8 Å². The van der Waals surface area contributed by atoms with Gasteiger partial charge in [0, 0.05) is 16.0 Å². The number of carbonyl (C=O) groups excluding carboxylic acids is 1. The highest BCUT2D eigenvalue weighted by Gasteiger charge is 2.29. The summed E-state index contributed by atoms with van der Waals surface area (Å²) in [6.07, 6.45) is 2.36. The van der Waals surface area contributed by atoms with Crippen molar-refractivity contribution in [2.75, 3.05) is 0 Å². The van der Waals surface area contributed by atoms with Crippen molar-refractivity contribution in [3.05, 3.63) is 101 Å². The van der Waals surface area contributed by atoms with E-state index in [0.717, 1.165) is 22.0 Å². The first kappa shape index (κ1) is 18.3. The van der Waals surface area contributed by atoms with Gasteiger partial charge >= 0.3 is 0 Å². The number of nitrogens with zero attached hydrogens (tertiary/aromatic N) is 1. The number of aromatic amines is 1. The van der Waals surface area contributed by atoms with Crippen LogP contribution in [-0.2, 0) is 12.0 Å². The molecule has 28 heavy (non-hydrogen) atoms. The first-order valence-corrected chi connectivity index (χ1v) is 9.47. The van der Waals surface area contributed by atoms with E-state index in [1.807, 2.05) is 79.7 Å². The molecule has 0 aliphatic carbocycles. The summed E-state index contributed by atoms with van der Waals surface area (Å²) < 4.78 is 0. The van der Waals surface area contributed by atoms with Crippen molar-refractivity contribution in [2.24, 2.45) is 0 Å². The van der Waals surface area contributed by atoms with Gasteiger partial charge in [-0.25, -0.2) is 0 Å². The second-order valence-corrected chi connectivity index (χ2v) is 7.57. The van der Waals surface area contributed by atoms with E-state index in [4.69, 9.17) is 11.6 Å². The Labute approximate surface area is 168 Å². The van der Waals surface area contributed by atoms with Crippen LogP contribution in [0, 0.1) is 0 Å². The Hall–Kier alpha value is -3.11. The van der Waals surface area contributed by atoms with Gasteiger partial charge in [-0.1, -0.05) is 60.1 Å². The summed E-state index contributed by atoms with van der Waals surface area (Å²) in [5.74, 6) is -0.134. The van der Waals surface area contributed by atoms with E-state index in [-0.39, 0.29) is 5.91 Å². The number of nitrogens with one attached hydrogen (secondary N) is 2. The zero-order valence-electron chi connectivity index (χ0n) is 15.4. The highest BCUT2D eigenvalue weighted by molar-refractivity contribution is 6.30. The summed E-state index contributed by atoms with van der Waals surface area (Å²) in [5.41, 5.74) is 2.93. The van der Waals surface area contributed by atoms with Crippen molar-refractivity contribution in [2.45, 2.75) is 18.9 Å². The molecule has 1 atom stereocenters. The quantitative estimate of drug-likeness (QED) is 0.498. The van der Waals surface area contributed by atoms with Gasteiger partial charge in [-0.3, -0.25) is 9.89 Å². The van der Waals surface area contributed by atoms with Gasteiger partial charge in [0.2, 0.25) is 0 Å². The molecular weight excluding hydrogens is 370 g/mol. The van der Waals surface area contributed by atoms with Gasteiger partial charge in [-0.05, 0) is 48.7 Å². The molecule has 0 fully saturated rings. The maximum Gasteiger partial charge on any atom is 0.252 e. The Morgan fingerprint density at radius 2 is 1.89 bits per heavy atom. The molecule has 0 spiro atoms. The molecule has 0 bridgehead atoms. The number of benzene rings is 3. The zero-order valence-corrected chi connectivity index (χ0v) is 16.2. The third-order valence-corrected chi connectivity index (χ3v) is 5.19. The minimum Gasteiger partial charge on any atom is -0.342 e. The molecule has 4 aromatic rings. The van der Waals surface area contributed by atoms with E-state index in [0.29, 0.717) is 17.0 Å². The van der Waals surface area contributed by atoms with Gasteiger partial charge in [0.15, 0.2) is 0 Å². The molecule has 2 N–H and O–H groups in total. The van der Waals surface area contributed by atoms with E-state index in [9.17, 15) is 4.79 Å². The normalized spacial score (nSPS) is 13.2. The lowest BCUT2D eigenvalue weighted by molar-refractivity contribution is 0.0904. The van der Waals surface area contributed by atoms with Crippen molar-refractivity contribution in [1.29, 1.82) is 0 Å². The smallest absolute Gasteiger partial charge is 0.252 e. The molecule has 0 saturated heterocycles. The fourth-order valence-electron chi connectivity index (χ4n) is 3.48. The Morgan fingerprint density at radius 3 is 2.68 bits per heavy atom. The fraction of sp³-hybridized carbons (Fsp3) is 0.130. The van der Waals surface area contributed by atoms with E-state index in [1.165, 1.54) is 0 Å². The maximum absolute atomic E-state index is 13.1. The first-order valence-electron chi connectivity index (χ1n) is 9.09. The molecule has 1 amide bonds. The molecule has 3 aromatic carbocycles. The summed E-state index contributed by atoms with van der Waals surface area (Å²) in [6.45, 7) is 2.04. The lowest BCUT2D eigenvalue weighted by Crippen LogP contribution is -2.45. The van der Waals surface area contributed by atoms with Crippen LogP contribution < -0.4 is 5.32 Å². The molecular formula is C23H20ClN3O. The van der Waals surface area contributed by atoms with Crippen LogP contribution in [0.3, 0.4) is 0 Å². The average molecular weight is 390 g/mol. The van der Waals surface area contributed by atoms with E-state index in [2.05, 4.69) is 15.5 Å². The molecule has 4 nitrogen and oxygen atoms in total. The van der Waals surface area contributed by atoms with E-state index < -0.39 is 5.54 Å². The zero-order chi connectivity index (χ0) is 19.6. The largest absolute Gasteiger partial charge is 0.342 e. The highest BCUT2D eigenvalue weighted by Crippen LogP contribution is 2.27. The summed E-state index contributed by atoms with van der Waals surface area (Å²) in [7, 11) is 0. The second-order valence-electron chi connectivity index (χ2n) is 7.13. The summed E-state index contributed by atoms with van der Waals surface area (Å²) >= 11 is 6.17. The molecule has 4 rings (SSSR count). The van der Waals surface area contributed by atoms with E-state index in [1.54, 1.807) is 6.20 Å². The van der Waals surface area contributed by atoms with Gasteiger partial charge < -0.3 is 5.32 Å². The van der Waals surface area contributed by atoms with Crippen LogP contribution in [-0.4, -0.2) is 16.1 Å². The molecule has 1 aromatic heterocycles. The van der Waals surface area contributed by atoms with Gasteiger partial charge in [0.05, 0.1) is 17.3 Å². The Kier molecular flexibility index (Phi) is 4.88. The monoisotopic (exact) mass is 389 g/mol. The van der Waals surface area contributed by atoms with Crippen molar-refractivity contribution < 1.29 is 4.79 Å². The number of H-pyrrole nitrogens is 1. The SMILES string of the molecule is CC(Cc1cccc(Cl)c1)(NC(=O)c1ccc2cn[nH]c2c1)c1ccccc1. The number of carbonyl (C=O) groups is 1. The van der Waals surface area contributed by atoms with Crippen LogP contribution in [0.25, 0.3) is 10.9 Å². The Balaban J connectivity index is 1.67. The molecule has 0 aliphatic rings. The molecule has 0 saturated carbocycles. The number of rotatable bonds is 5. The Bertz CT molecular complexity index is 1120. The van der Waals surface area contributed by atoms with Crippen LogP contribution in [0.15, 0.2) is 79.0 Å². The maximum atomic E-state index is 13.1. The van der Waals surface area contributed by atoms with Crippen LogP contribution in [0.1, 0.15) is 28.4 Å². The number of halogens is 1.